The average Bonchev–Trinajstić information content (AvgIpc) is 2.28. The molecule has 1 unspecified atom stereocenters. The first-order chi connectivity index (χ1) is 7.00. The molecule has 0 amide bonds. The predicted molar refractivity (Wildman–Crippen MR) is 60.5 cm³/mol. The van der Waals surface area contributed by atoms with E-state index in [1.165, 1.54) is 11.4 Å². The molecule has 0 heterocycles. The maximum absolute atomic E-state index is 12.0. The van der Waals surface area contributed by atoms with Gasteiger partial charge in [0.05, 0.1) is 4.90 Å². The van der Waals surface area contributed by atoms with Gasteiger partial charge in [0.15, 0.2) is 0 Å². The quantitative estimate of drug-likeness (QED) is 0.794. The molecule has 16 heavy (non-hydrogen) atoms. The third-order valence-corrected chi connectivity index (χ3v) is 4.19. The van der Waals surface area contributed by atoms with Gasteiger partial charge < -0.3 is 13.8 Å². The van der Waals surface area contributed by atoms with E-state index in [0.717, 1.165) is 0 Å². The summed E-state index contributed by atoms with van der Waals surface area (Å²) in [5.41, 5.74) is 0. The van der Waals surface area contributed by atoms with Crippen LogP contribution < -0.4 is 0 Å². The molecule has 0 saturated heterocycles. The first-order valence-electron chi connectivity index (χ1n) is 4.65. The largest absolute Gasteiger partial charge is 0.344 e. The fraction of sp³-hybridized carbons (Fsp3) is 0.273. The average molecular weight is 314 g/mol. The monoisotopic (exact) mass is 314 g/mol. The molecule has 1 aromatic rings. The van der Waals surface area contributed by atoms with Crippen molar-refractivity contribution in [2.45, 2.75) is 17.4 Å². The van der Waals surface area contributed by atoms with Gasteiger partial charge in [0.1, 0.15) is 0 Å². The van der Waals surface area contributed by atoms with Crippen LogP contribution in [-0.2, 0) is 42.7 Å². The summed E-state index contributed by atoms with van der Waals surface area (Å²) in [5.74, 6) is 0. The van der Waals surface area contributed by atoms with Crippen LogP contribution in [0.15, 0.2) is 35.2 Å². The van der Waals surface area contributed by atoms with E-state index in [0.29, 0.717) is 6.42 Å². The molecule has 0 bridgehead atoms. The number of hydrogen-bond donors (Lipinski definition) is 0. The fourth-order valence-corrected chi connectivity index (χ4v) is 2.47. The summed E-state index contributed by atoms with van der Waals surface area (Å²) in [6.45, 7) is 7.38. The number of benzene rings is 1. The molecular weight excluding hydrogens is 299 g/mol. The normalized spacial score (nSPS) is 13.2. The van der Waals surface area contributed by atoms with Gasteiger partial charge in [0, 0.05) is 32.7 Å². The minimum atomic E-state index is -3.42. The molecule has 0 N–H and O–H groups in total. The molecule has 1 rings (SSSR count). The summed E-state index contributed by atoms with van der Waals surface area (Å²) >= 11 is 0. The van der Waals surface area contributed by atoms with Crippen LogP contribution in [0, 0.1) is 13.8 Å². The molecule has 1 aromatic carbocycles. The summed E-state index contributed by atoms with van der Waals surface area (Å²) in [6, 6.07) is 7.98. The van der Waals surface area contributed by atoms with Crippen LogP contribution >= 0.6 is 0 Å². The third kappa shape index (κ3) is 3.62. The summed E-state index contributed by atoms with van der Waals surface area (Å²) in [7, 11) is -1.90. The molecule has 3 nitrogen and oxygen atoms in total. The van der Waals surface area contributed by atoms with Gasteiger partial charge in [-0.3, -0.25) is 0 Å². The van der Waals surface area contributed by atoms with Crippen molar-refractivity contribution in [1.29, 1.82) is 0 Å². The van der Waals surface area contributed by atoms with E-state index in [2.05, 4.69) is 13.8 Å². The van der Waals surface area contributed by atoms with E-state index in [1.807, 2.05) is 0 Å². The minimum Gasteiger partial charge on any atom is -0.344 e. The van der Waals surface area contributed by atoms with Gasteiger partial charge in [0.2, 0.25) is 10.0 Å². The van der Waals surface area contributed by atoms with Gasteiger partial charge in [-0.1, -0.05) is 18.2 Å². The Bertz CT molecular complexity index is 405. The molecule has 0 spiro atoms. The molecule has 0 aliphatic rings. The van der Waals surface area contributed by atoms with Gasteiger partial charge in [-0.2, -0.15) is 6.42 Å². The predicted octanol–water partition coefficient (Wildman–Crippen LogP) is 1.73. The Balaban J connectivity index is 0.00000225. The number of sulfonamides is 1. The van der Waals surface area contributed by atoms with Crippen LogP contribution in [-0.4, -0.2) is 25.8 Å². The van der Waals surface area contributed by atoms with Gasteiger partial charge in [-0.15, -0.1) is 6.04 Å². The molecule has 5 heteroatoms. The van der Waals surface area contributed by atoms with Gasteiger partial charge in [-0.05, 0) is 19.2 Å². The molecular formula is C11H15NO2SY-2. The molecule has 1 radical (unpaired) electrons. The Morgan fingerprint density at radius 2 is 1.81 bits per heavy atom. The summed E-state index contributed by atoms with van der Waals surface area (Å²) in [6.07, 6.45) is 0.447. The molecule has 0 fully saturated rings. The zero-order valence-electron chi connectivity index (χ0n) is 9.33. The van der Waals surface area contributed by atoms with E-state index >= 15 is 0 Å². The van der Waals surface area contributed by atoms with Gasteiger partial charge >= 0.3 is 0 Å². The van der Waals surface area contributed by atoms with Crippen molar-refractivity contribution in [3.8, 4) is 0 Å². The number of hydrogen-bond acceptors (Lipinski definition) is 2. The maximum Gasteiger partial charge on any atom is 0.240 e. The van der Waals surface area contributed by atoms with Crippen molar-refractivity contribution in [3.05, 3.63) is 44.2 Å². The van der Waals surface area contributed by atoms with E-state index in [1.54, 1.807) is 30.3 Å². The van der Waals surface area contributed by atoms with Crippen molar-refractivity contribution in [2.75, 3.05) is 7.05 Å². The van der Waals surface area contributed by atoms with Gasteiger partial charge in [0.25, 0.3) is 0 Å². The van der Waals surface area contributed by atoms with Crippen molar-refractivity contribution in [1.82, 2.24) is 4.31 Å². The van der Waals surface area contributed by atoms with Crippen LogP contribution in [0.1, 0.15) is 6.42 Å². The van der Waals surface area contributed by atoms with Crippen LogP contribution in [0.4, 0.5) is 0 Å². The third-order valence-electron chi connectivity index (χ3n) is 2.27. The first-order valence-corrected chi connectivity index (χ1v) is 6.09. The standard InChI is InChI=1S/C11H15NO2S.Y/c1-4-10(2)12(3)15(13,14)11-8-6-5-7-9-11;/h5-10H,1-2,4H2,3H3;/q-2;. The first kappa shape index (κ1) is 16.2. The summed E-state index contributed by atoms with van der Waals surface area (Å²) in [4.78, 5) is 0.287. The van der Waals surface area contributed by atoms with Crippen molar-refractivity contribution >= 4 is 10.0 Å². The van der Waals surface area contributed by atoms with E-state index < -0.39 is 10.0 Å². The number of nitrogens with zero attached hydrogens (tertiary/aromatic N) is 1. The summed E-state index contributed by atoms with van der Waals surface area (Å²) < 4.78 is 25.2. The van der Waals surface area contributed by atoms with E-state index in [4.69, 9.17) is 0 Å². The molecule has 0 aliphatic heterocycles. The SMILES string of the molecule is [CH2-]CC([CH2-])N(C)S(=O)(=O)c1ccccc1.[Y]. The van der Waals surface area contributed by atoms with Crippen LogP contribution in [0.5, 0.6) is 0 Å². The Morgan fingerprint density at radius 1 is 1.31 bits per heavy atom. The van der Waals surface area contributed by atoms with Crippen molar-refractivity contribution < 1.29 is 41.1 Å². The summed E-state index contributed by atoms with van der Waals surface area (Å²) in [5, 5.41) is 0. The van der Waals surface area contributed by atoms with Crippen molar-refractivity contribution in [2.24, 2.45) is 0 Å². The maximum atomic E-state index is 12.0. The Morgan fingerprint density at radius 3 is 2.25 bits per heavy atom. The van der Waals surface area contributed by atoms with Crippen LogP contribution in [0.25, 0.3) is 0 Å². The van der Waals surface area contributed by atoms with Crippen LogP contribution in [0.3, 0.4) is 0 Å². The number of rotatable bonds is 4. The topological polar surface area (TPSA) is 37.4 Å². The second-order valence-electron chi connectivity index (χ2n) is 3.28. The molecule has 1 atom stereocenters. The Hall–Kier alpha value is 0.234. The van der Waals surface area contributed by atoms with E-state index in [-0.39, 0.29) is 43.6 Å². The smallest absolute Gasteiger partial charge is 0.240 e. The fourth-order valence-electron chi connectivity index (χ4n) is 1.14. The zero-order valence-corrected chi connectivity index (χ0v) is 13.0. The molecule has 0 saturated carbocycles. The Labute approximate surface area is 123 Å². The van der Waals surface area contributed by atoms with E-state index in [9.17, 15) is 8.42 Å². The van der Waals surface area contributed by atoms with Crippen molar-refractivity contribution in [3.63, 3.8) is 0 Å². The molecule has 0 aromatic heterocycles. The zero-order chi connectivity index (χ0) is 11.5. The molecule has 87 valence electrons. The Kier molecular flexibility index (Phi) is 6.95. The molecule has 0 aliphatic carbocycles. The van der Waals surface area contributed by atoms with Gasteiger partial charge in [-0.25, -0.2) is 12.7 Å². The minimum absolute atomic E-state index is 0. The van der Waals surface area contributed by atoms with Crippen LogP contribution in [0.2, 0.25) is 0 Å². The second kappa shape index (κ2) is 6.85. The second-order valence-corrected chi connectivity index (χ2v) is 5.27.